The Bertz CT molecular complexity index is 774. The first kappa shape index (κ1) is 13.6. The normalized spacial score (nSPS) is 14.4. The molecule has 3 aromatic rings. The van der Waals surface area contributed by atoms with Crippen LogP contribution < -0.4 is 0 Å². The van der Waals surface area contributed by atoms with Gasteiger partial charge in [0.15, 0.2) is 0 Å². The van der Waals surface area contributed by atoms with Crippen LogP contribution in [0.4, 0.5) is 4.39 Å². The Kier molecular flexibility index (Phi) is 3.46. The van der Waals surface area contributed by atoms with Crippen LogP contribution >= 0.6 is 11.3 Å². The minimum atomic E-state index is -0.224. The average molecular weight is 314 g/mol. The molecule has 4 nitrogen and oxygen atoms in total. The van der Waals surface area contributed by atoms with Crippen molar-refractivity contribution >= 4 is 11.3 Å². The summed E-state index contributed by atoms with van der Waals surface area (Å²) in [4.78, 5) is 4.61. The smallest absolute Gasteiger partial charge is 0.123 e. The highest BCUT2D eigenvalue weighted by molar-refractivity contribution is 7.13. The van der Waals surface area contributed by atoms with Crippen LogP contribution in [0.2, 0.25) is 0 Å². The molecule has 0 amide bonds. The predicted octanol–water partition coefficient (Wildman–Crippen LogP) is 3.66. The molecule has 0 atom stereocenters. The lowest BCUT2D eigenvalue weighted by Crippen LogP contribution is -2.02. The summed E-state index contributed by atoms with van der Waals surface area (Å²) < 4.78 is 14.8. The fraction of sp³-hybridized carbons (Fsp3) is 0.312. The third-order valence-electron chi connectivity index (χ3n) is 3.79. The number of thiazole rings is 1. The van der Waals surface area contributed by atoms with Crippen LogP contribution in [0.25, 0.3) is 10.6 Å². The molecule has 0 saturated heterocycles. The van der Waals surface area contributed by atoms with Gasteiger partial charge in [0.1, 0.15) is 10.8 Å². The Balaban J connectivity index is 1.41. The summed E-state index contributed by atoms with van der Waals surface area (Å²) in [5, 5.41) is 11.4. The van der Waals surface area contributed by atoms with E-state index >= 15 is 0 Å². The number of benzene rings is 1. The van der Waals surface area contributed by atoms with Gasteiger partial charge in [-0.25, -0.2) is 9.37 Å². The van der Waals surface area contributed by atoms with Crippen LogP contribution in [-0.2, 0) is 13.0 Å². The standard InChI is InChI=1S/C16H15FN4S/c17-13-5-3-12(4-6-13)16-18-14(10-22-16)7-8-21-9-15(19-20-21)11-1-2-11/h3-6,9-11H,1-2,7-8H2. The molecular weight excluding hydrogens is 299 g/mol. The van der Waals surface area contributed by atoms with Crippen LogP contribution in [0.3, 0.4) is 0 Å². The van der Waals surface area contributed by atoms with Crippen molar-refractivity contribution in [2.75, 3.05) is 0 Å². The SMILES string of the molecule is Fc1ccc(-c2nc(CCn3cc(C4CC4)nn3)cs2)cc1. The van der Waals surface area contributed by atoms with Gasteiger partial charge < -0.3 is 0 Å². The maximum Gasteiger partial charge on any atom is 0.123 e. The monoisotopic (exact) mass is 314 g/mol. The third-order valence-corrected chi connectivity index (χ3v) is 4.73. The highest BCUT2D eigenvalue weighted by Gasteiger charge is 2.26. The fourth-order valence-electron chi connectivity index (χ4n) is 2.36. The second-order valence-electron chi connectivity index (χ2n) is 5.58. The topological polar surface area (TPSA) is 43.6 Å². The van der Waals surface area contributed by atoms with E-state index in [0.717, 1.165) is 34.9 Å². The van der Waals surface area contributed by atoms with Gasteiger partial charge in [0.2, 0.25) is 0 Å². The van der Waals surface area contributed by atoms with Gasteiger partial charge in [0, 0.05) is 36.0 Å². The molecule has 1 fully saturated rings. The van der Waals surface area contributed by atoms with Gasteiger partial charge in [-0.1, -0.05) is 5.21 Å². The van der Waals surface area contributed by atoms with E-state index < -0.39 is 0 Å². The number of aryl methyl sites for hydroxylation is 2. The Morgan fingerprint density at radius 1 is 1.23 bits per heavy atom. The van der Waals surface area contributed by atoms with Crippen molar-refractivity contribution in [2.24, 2.45) is 0 Å². The molecule has 1 aliphatic carbocycles. The summed E-state index contributed by atoms with van der Waals surface area (Å²) in [6.45, 7) is 0.784. The molecular formula is C16H15FN4S. The van der Waals surface area contributed by atoms with Gasteiger partial charge in [0.25, 0.3) is 0 Å². The number of aromatic nitrogens is 4. The van der Waals surface area contributed by atoms with Crippen molar-refractivity contribution in [3.8, 4) is 10.6 Å². The van der Waals surface area contributed by atoms with Gasteiger partial charge in [0.05, 0.1) is 11.4 Å². The van der Waals surface area contributed by atoms with Gasteiger partial charge >= 0.3 is 0 Å². The molecule has 1 saturated carbocycles. The Morgan fingerprint density at radius 2 is 2.05 bits per heavy atom. The van der Waals surface area contributed by atoms with Crippen LogP contribution in [0.1, 0.15) is 30.1 Å². The van der Waals surface area contributed by atoms with Crippen molar-refractivity contribution in [3.63, 3.8) is 0 Å². The van der Waals surface area contributed by atoms with E-state index in [-0.39, 0.29) is 5.82 Å². The van der Waals surface area contributed by atoms with Gasteiger partial charge in [-0.05, 0) is 37.1 Å². The van der Waals surface area contributed by atoms with E-state index in [1.807, 2.05) is 10.9 Å². The largest absolute Gasteiger partial charge is 0.252 e. The molecule has 112 valence electrons. The van der Waals surface area contributed by atoms with E-state index in [0.29, 0.717) is 5.92 Å². The molecule has 1 aromatic carbocycles. The average Bonchev–Trinajstić information content (AvgIpc) is 3.09. The van der Waals surface area contributed by atoms with E-state index in [9.17, 15) is 4.39 Å². The molecule has 1 aliphatic rings. The Labute approximate surface area is 131 Å². The van der Waals surface area contributed by atoms with Crippen molar-refractivity contribution in [1.29, 1.82) is 0 Å². The van der Waals surface area contributed by atoms with Crippen molar-refractivity contribution in [3.05, 3.63) is 53.0 Å². The maximum atomic E-state index is 12.9. The van der Waals surface area contributed by atoms with Gasteiger partial charge in [-0.2, -0.15) is 0 Å². The summed E-state index contributed by atoms with van der Waals surface area (Å²) in [5.74, 6) is 0.413. The lowest BCUT2D eigenvalue weighted by Gasteiger charge is -1.98. The first-order chi connectivity index (χ1) is 10.8. The van der Waals surface area contributed by atoms with Crippen LogP contribution in [0.5, 0.6) is 0 Å². The Morgan fingerprint density at radius 3 is 2.82 bits per heavy atom. The minimum Gasteiger partial charge on any atom is -0.252 e. The van der Waals surface area contributed by atoms with E-state index in [4.69, 9.17) is 0 Å². The number of hydrogen-bond donors (Lipinski definition) is 0. The van der Waals surface area contributed by atoms with E-state index in [2.05, 4.69) is 20.7 Å². The Hall–Kier alpha value is -2.08. The predicted molar refractivity (Wildman–Crippen MR) is 83.2 cm³/mol. The summed E-state index contributed by atoms with van der Waals surface area (Å²) in [6.07, 6.45) is 5.35. The molecule has 0 spiro atoms. The molecule has 0 unspecified atom stereocenters. The van der Waals surface area contributed by atoms with E-state index in [1.165, 1.54) is 25.0 Å². The van der Waals surface area contributed by atoms with Crippen LogP contribution in [0, 0.1) is 5.82 Å². The molecule has 2 aromatic heterocycles. The molecule has 0 aliphatic heterocycles. The second-order valence-corrected chi connectivity index (χ2v) is 6.44. The van der Waals surface area contributed by atoms with Crippen molar-refractivity contribution < 1.29 is 4.39 Å². The van der Waals surface area contributed by atoms with Crippen LogP contribution in [0.15, 0.2) is 35.8 Å². The maximum absolute atomic E-state index is 12.9. The molecule has 22 heavy (non-hydrogen) atoms. The summed E-state index contributed by atoms with van der Waals surface area (Å²) in [5.41, 5.74) is 3.10. The fourth-order valence-corrected chi connectivity index (χ4v) is 3.23. The second kappa shape index (κ2) is 5.61. The lowest BCUT2D eigenvalue weighted by molar-refractivity contribution is 0.585. The highest BCUT2D eigenvalue weighted by atomic mass is 32.1. The van der Waals surface area contributed by atoms with Gasteiger partial charge in [-0.3, -0.25) is 4.68 Å². The zero-order valence-corrected chi connectivity index (χ0v) is 12.8. The molecule has 0 bridgehead atoms. The zero-order valence-electron chi connectivity index (χ0n) is 11.9. The number of halogens is 1. The number of rotatable bonds is 5. The van der Waals surface area contributed by atoms with Crippen molar-refractivity contribution in [1.82, 2.24) is 20.0 Å². The van der Waals surface area contributed by atoms with Gasteiger partial charge in [-0.15, -0.1) is 16.4 Å². The number of nitrogens with zero attached hydrogens (tertiary/aromatic N) is 4. The molecule has 6 heteroatoms. The summed E-state index contributed by atoms with van der Waals surface area (Å²) >= 11 is 1.58. The molecule has 2 heterocycles. The zero-order chi connectivity index (χ0) is 14.9. The lowest BCUT2D eigenvalue weighted by atomic mass is 10.2. The molecule has 4 rings (SSSR count). The quantitative estimate of drug-likeness (QED) is 0.722. The first-order valence-corrected chi connectivity index (χ1v) is 8.26. The first-order valence-electron chi connectivity index (χ1n) is 7.38. The van der Waals surface area contributed by atoms with Crippen LogP contribution in [-0.4, -0.2) is 20.0 Å². The minimum absolute atomic E-state index is 0.224. The summed E-state index contributed by atoms with van der Waals surface area (Å²) in [7, 11) is 0. The van der Waals surface area contributed by atoms with E-state index in [1.54, 1.807) is 23.5 Å². The molecule has 0 N–H and O–H groups in total. The third kappa shape index (κ3) is 2.92. The summed E-state index contributed by atoms with van der Waals surface area (Å²) in [6, 6.07) is 6.45. The highest BCUT2D eigenvalue weighted by Crippen LogP contribution is 2.38. The van der Waals surface area contributed by atoms with Crippen molar-refractivity contribution in [2.45, 2.75) is 31.7 Å². The molecule has 0 radical (unpaired) electrons. The number of hydrogen-bond acceptors (Lipinski definition) is 4.